The van der Waals surface area contributed by atoms with E-state index in [0.29, 0.717) is 72.2 Å². The van der Waals surface area contributed by atoms with E-state index in [-0.39, 0.29) is 5.91 Å². The predicted octanol–water partition coefficient (Wildman–Crippen LogP) is 0.948. The van der Waals surface area contributed by atoms with Gasteiger partial charge in [0.2, 0.25) is 5.91 Å². The largest absolute Gasteiger partial charge is 0.379 e. The van der Waals surface area contributed by atoms with Crippen molar-refractivity contribution in [2.75, 3.05) is 59.4 Å². The third kappa shape index (κ3) is 18.9. The van der Waals surface area contributed by atoms with Crippen LogP contribution in [0.15, 0.2) is 0 Å². The predicted molar refractivity (Wildman–Crippen MR) is 86.5 cm³/mol. The second-order valence-electron chi connectivity index (χ2n) is 4.86. The fourth-order valence-corrected chi connectivity index (χ4v) is 1.58. The average Bonchev–Trinajstić information content (AvgIpc) is 2.56. The van der Waals surface area contributed by atoms with Gasteiger partial charge in [-0.1, -0.05) is 13.3 Å². The van der Waals surface area contributed by atoms with Gasteiger partial charge in [0.1, 0.15) is 6.29 Å². The first kappa shape index (κ1) is 22.0. The highest BCUT2D eigenvalue weighted by Gasteiger charge is 1.98. The zero-order valence-electron chi connectivity index (χ0n) is 14.2. The third-order valence-electron chi connectivity index (χ3n) is 2.82. The standard InChI is InChI=1S/C16H31NO6/c1-2-3-5-16(19)17-6-9-21-11-13-23-15-14-22-12-10-20-8-4-7-18/h7H,2-6,8-15H2,1H3,(H,17,19). The van der Waals surface area contributed by atoms with Crippen LogP contribution < -0.4 is 5.32 Å². The summed E-state index contributed by atoms with van der Waals surface area (Å²) < 4.78 is 21.1. The van der Waals surface area contributed by atoms with Crippen LogP contribution in [-0.4, -0.2) is 71.6 Å². The summed E-state index contributed by atoms with van der Waals surface area (Å²) in [4.78, 5) is 21.3. The molecule has 1 amide bonds. The van der Waals surface area contributed by atoms with Gasteiger partial charge in [0.25, 0.3) is 0 Å². The Bertz CT molecular complexity index is 275. The zero-order chi connectivity index (χ0) is 17.0. The molecule has 7 heteroatoms. The van der Waals surface area contributed by atoms with Crippen molar-refractivity contribution >= 4 is 12.2 Å². The van der Waals surface area contributed by atoms with Crippen LogP contribution in [-0.2, 0) is 28.5 Å². The molecule has 0 spiro atoms. The normalized spacial score (nSPS) is 10.7. The maximum atomic E-state index is 11.3. The van der Waals surface area contributed by atoms with Crippen molar-refractivity contribution in [2.45, 2.75) is 32.6 Å². The zero-order valence-corrected chi connectivity index (χ0v) is 14.2. The van der Waals surface area contributed by atoms with Gasteiger partial charge in [0, 0.05) is 19.4 Å². The van der Waals surface area contributed by atoms with Crippen LogP contribution in [0.1, 0.15) is 32.6 Å². The van der Waals surface area contributed by atoms with Crippen LogP contribution in [0.5, 0.6) is 0 Å². The highest BCUT2D eigenvalue weighted by molar-refractivity contribution is 5.75. The Morgan fingerprint density at radius 3 is 1.91 bits per heavy atom. The Hall–Kier alpha value is -1.02. The number of amides is 1. The Morgan fingerprint density at radius 2 is 1.39 bits per heavy atom. The van der Waals surface area contributed by atoms with E-state index in [1.54, 1.807) is 0 Å². The van der Waals surface area contributed by atoms with Gasteiger partial charge in [-0.2, -0.15) is 0 Å². The molecule has 0 aromatic rings. The molecule has 0 aromatic carbocycles. The topological polar surface area (TPSA) is 83.1 Å². The molecule has 0 radical (unpaired) electrons. The monoisotopic (exact) mass is 333 g/mol. The Balaban J connectivity index is 3.05. The first-order chi connectivity index (χ1) is 11.3. The van der Waals surface area contributed by atoms with Crippen LogP contribution in [0.25, 0.3) is 0 Å². The van der Waals surface area contributed by atoms with E-state index in [1.807, 2.05) is 0 Å². The number of aldehydes is 1. The van der Waals surface area contributed by atoms with Crippen LogP contribution in [0.3, 0.4) is 0 Å². The van der Waals surface area contributed by atoms with E-state index in [1.165, 1.54) is 0 Å². The molecule has 1 N–H and O–H groups in total. The van der Waals surface area contributed by atoms with Crippen molar-refractivity contribution in [3.05, 3.63) is 0 Å². The lowest BCUT2D eigenvalue weighted by molar-refractivity contribution is -0.121. The molecular weight excluding hydrogens is 302 g/mol. The quantitative estimate of drug-likeness (QED) is 0.297. The summed E-state index contributed by atoms with van der Waals surface area (Å²) in [6, 6.07) is 0. The second kappa shape index (κ2) is 19.0. The number of rotatable bonds is 18. The van der Waals surface area contributed by atoms with Crippen molar-refractivity contribution in [1.29, 1.82) is 0 Å². The first-order valence-corrected chi connectivity index (χ1v) is 8.32. The lowest BCUT2D eigenvalue weighted by Gasteiger charge is -2.08. The first-order valence-electron chi connectivity index (χ1n) is 8.32. The maximum Gasteiger partial charge on any atom is 0.220 e. The molecule has 0 bridgehead atoms. The summed E-state index contributed by atoms with van der Waals surface area (Å²) in [5.74, 6) is 0.0824. The number of carbonyl (C=O) groups is 2. The highest BCUT2D eigenvalue weighted by Crippen LogP contribution is 1.92. The summed E-state index contributed by atoms with van der Waals surface area (Å²) in [5.41, 5.74) is 0. The van der Waals surface area contributed by atoms with Crippen LogP contribution >= 0.6 is 0 Å². The lowest BCUT2D eigenvalue weighted by Crippen LogP contribution is -2.27. The van der Waals surface area contributed by atoms with Crippen molar-refractivity contribution in [2.24, 2.45) is 0 Å². The molecule has 136 valence electrons. The van der Waals surface area contributed by atoms with Crippen LogP contribution in [0.2, 0.25) is 0 Å². The number of unbranched alkanes of at least 4 members (excludes halogenated alkanes) is 1. The van der Waals surface area contributed by atoms with Gasteiger partial charge in [-0.15, -0.1) is 0 Å². The molecule has 0 saturated heterocycles. The maximum absolute atomic E-state index is 11.3. The second-order valence-corrected chi connectivity index (χ2v) is 4.86. The Labute approximate surface area is 139 Å². The summed E-state index contributed by atoms with van der Waals surface area (Å²) in [7, 11) is 0. The van der Waals surface area contributed by atoms with Gasteiger partial charge < -0.3 is 29.1 Å². The summed E-state index contributed by atoms with van der Waals surface area (Å²) in [6.07, 6.45) is 3.79. The van der Waals surface area contributed by atoms with Gasteiger partial charge in [-0.25, -0.2) is 0 Å². The SMILES string of the molecule is CCCCC(=O)NCCOCCOCCOCCOCCC=O. The summed E-state index contributed by atoms with van der Waals surface area (Å²) >= 11 is 0. The van der Waals surface area contributed by atoms with E-state index in [4.69, 9.17) is 18.9 Å². The molecule has 0 aliphatic heterocycles. The minimum Gasteiger partial charge on any atom is -0.379 e. The molecule has 0 fully saturated rings. The lowest BCUT2D eigenvalue weighted by atomic mass is 10.2. The number of carbonyl (C=O) groups excluding carboxylic acids is 2. The van der Waals surface area contributed by atoms with E-state index in [9.17, 15) is 9.59 Å². The van der Waals surface area contributed by atoms with Crippen molar-refractivity contribution in [1.82, 2.24) is 5.32 Å². The fourth-order valence-electron chi connectivity index (χ4n) is 1.58. The van der Waals surface area contributed by atoms with Crippen molar-refractivity contribution < 1.29 is 28.5 Å². The molecular formula is C16H31NO6. The van der Waals surface area contributed by atoms with Gasteiger partial charge in [-0.05, 0) is 6.42 Å². The molecule has 0 unspecified atom stereocenters. The molecule has 0 atom stereocenters. The molecule has 0 saturated carbocycles. The molecule has 23 heavy (non-hydrogen) atoms. The highest BCUT2D eigenvalue weighted by atomic mass is 16.6. The number of hydrogen-bond donors (Lipinski definition) is 1. The molecule has 7 nitrogen and oxygen atoms in total. The number of ether oxygens (including phenoxy) is 4. The Morgan fingerprint density at radius 1 is 0.870 bits per heavy atom. The minimum absolute atomic E-state index is 0.0824. The van der Waals surface area contributed by atoms with Gasteiger partial charge >= 0.3 is 0 Å². The summed E-state index contributed by atoms with van der Waals surface area (Å²) in [5, 5.41) is 2.81. The minimum atomic E-state index is 0.0824. The van der Waals surface area contributed by atoms with E-state index in [2.05, 4.69) is 12.2 Å². The van der Waals surface area contributed by atoms with Crippen LogP contribution in [0.4, 0.5) is 0 Å². The molecule has 0 rings (SSSR count). The van der Waals surface area contributed by atoms with E-state index < -0.39 is 0 Å². The van der Waals surface area contributed by atoms with E-state index in [0.717, 1.165) is 19.1 Å². The third-order valence-corrected chi connectivity index (χ3v) is 2.82. The summed E-state index contributed by atoms with van der Waals surface area (Å²) in [6.45, 7) is 6.53. The number of hydrogen-bond acceptors (Lipinski definition) is 6. The van der Waals surface area contributed by atoms with Crippen LogP contribution in [0, 0.1) is 0 Å². The van der Waals surface area contributed by atoms with Gasteiger partial charge in [0.15, 0.2) is 0 Å². The van der Waals surface area contributed by atoms with Crippen molar-refractivity contribution in [3.63, 3.8) is 0 Å². The smallest absolute Gasteiger partial charge is 0.220 e. The average molecular weight is 333 g/mol. The van der Waals surface area contributed by atoms with Gasteiger partial charge in [-0.3, -0.25) is 4.79 Å². The van der Waals surface area contributed by atoms with E-state index >= 15 is 0 Å². The van der Waals surface area contributed by atoms with Crippen molar-refractivity contribution in [3.8, 4) is 0 Å². The molecule has 0 aliphatic carbocycles. The van der Waals surface area contributed by atoms with Gasteiger partial charge in [0.05, 0.1) is 52.9 Å². The Kier molecular flexibility index (Phi) is 18.2. The molecule has 0 aromatic heterocycles. The molecule has 0 heterocycles. The fraction of sp³-hybridized carbons (Fsp3) is 0.875. The molecule has 0 aliphatic rings. The number of nitrogens with one attached hydrogen (secondary N) is 1.